The molecule has 15 heavy (non-hydrogen) atoms. The highest BCUT2D eigenvalue weighted by atomic mass is 79.9. The first kappa shape index (κ1) is 12.0. The van der Waals surface area contributed by atoms with Gasteiger partial charge in [0.2, 0.25) is 0 Å². The molecule has 0 spiro atoms. The van der Waals surface area contributed by atoms with Crippen molar-refractivity contribution in [1.29, 1.82) is 0 Å². The number of allylic oxidation sites excluding steroid dienone is 1. The SMILES string of the molecule is C=C[C@H](C)C(=O)c1cc(OC)ccc1Br. The fourth-order valence-corrected chi connectivity index (χ4v) is 1.61. The van der Waals surface area contributed by atoms with E-state index in [4.69, 9.17) is 4.74 Å². The van der Waals surface area contributed by atoms with Crippen LogP contribution in [0.2, 0.25) is 0 Å². The number of carbonyl (C=O) groups excluding carboxylic acids is 1. The lowest BCUT2D eigenvalue weighted by atomic mass is 9.99. The van der Waals surface area contributed by atoms with Gasteiger partial charge in [-0.2, -0.15) is 0 Å². The van der Waals surface area contributed by atoms with E-state index in [0.29, 0.717) is 11.3 Å². The first-order chi connectivity index (χ1) is 7.10. The second-order valence-electron chi connectivity index (χ2n) is 3.23. The van der Waals surface area contributed by atoms with Crippen molar-refractivity contribution in [3.63, 3.8) is 0 Å². The van der Waals surface area contributed by atoms with E-state index >= 15 is 0 Å². The summed E-state index contributed by atoms with van der Waals surface area (Å²) in [7, 11) is 1.58. The van der Waals surface area contributed by atoms with Crippen molar-refractivity contribution < 1.29 is 9.53 Å². The third-order valence-electron chi connectivity index (χ3n) is 2.21. The molecule has 0 heterocycles. The molecule has 0 saturated heterocycles. The molecular weight excluding hydrogens is 256 g/mol. The van der Waals surface area contributed by atoms with Gasteiger partial charge in [-0.15, -0.1) is 6.58 Å². The van der Waals surface area contributed by atoms with Gasteiger partial charge >= 0.3 is 0 Å². The van der Waals surface area contributed by atoms with E-state index in [0.717, 1.165) is 4.47 Å². The molecule has 0 aliphatic heterocycles. The molecule has 0 saturated carbocycles. The van der Waals surface area contributed by atoms with Gasteiger partial charge in [0, 0.05) is 16.0 Å². The number of hydrogen-bond donors (Lipinski definition) is 0. The molecule has 1 aromatic rings. The van der Waals surface area contributed by atoms with Crippen LogP contribution in [-0.2, 0) is 0 Å². The topological polar surface area (TPSA) is 26.3 Å². The average Bonchev–Trinajstić information content (AvgIpc) is 2.27. The molecule has 0 aromatic heterocycles. The maximum atomic E-state index is 11.9. The van der Waals surface area contributed by atoms with Gasteiger partial charge in [-0.1, -0.05) is 28.9 Å². The maximum Gasteiger partial charge on any atom is 0.170 e. The Labute approximate surface area is 98.1 Å². The number of carbonyl (C=O) groups is 1. The van der Waals surface area contributed by atoms with Gasteiger partial charge in [0.05, 0.1) is 7.11 Å². The standard InChI is InChI=1S/C12H13BrO2/c1-4-8(2)12(14)10-7-9(15-3)5-6-11(10)13/h4-8H,1H2,2-3H3/t8-/m0/s1. The van der Waals surface area contributed by atoms with Gasteiger partial charge in [-0.05, 0) is 18.2 Å². The Morgan fingerprint density at radius 1 is 1.60 bits per heavy atom. The minimum atomic E-state index is -0.187. The summed E-state index contributed by atoms with van der Waals surface area (Å²) in [6.45, 7) is 5.43. The Morgan fingerprint density at radius 3 is 2.80 bits per heavy atom. The summed E-state index contributed by atoms with van der Waals surface area (Å²) in [4.78, 5) is 11.9. The Morgan fingerprint density at radius 2 is 2.27 bits per heavy atom. The monoisotopic (exact) mass is 268 g/mol. The van der Waals surface area contributed by atoms with Crippen LogP contribution < -0.4 is 4.74 Å². The summed E-state index contributed by atoms with van der Waals surface area (Å²) in [6.07, 6.45) is 1.63. The molecular formula is C12H13BrO2. The first-order valence-corrected chi connectivity index (χ1v) is 5.39. The number of benzene rings is 1. The molecule has 1 aromatic carbocycles. The van der Waals surface area contributed by atoms with Crippen LogP contribution in [0.1, 0.15) is 17.3 Å². The minimum Gasteiger partial charge on any atom is -0.497 e. The zero-order chi connectivity index (χ0) is 11.4. The molecule has 0 N–H and O–H groups in total. The zero-order valence-corrected chi connectivity index (χ0v) is 10.4. The number of methoxy groups -OCH3 is 1. The van der Waals surface area contributed by atoms with E-state index in [1.807, 2.05) is 13.0 Å². The first-order valence-electron chi connectivity index (χ1n) is 4.60. The van der Waals surface area contributed by atoms with E-state index in [1.54, 1.807) is 25.3 Å². The number of rotatable bonds is 4. The van der Waals surface area contributed by atoms with Crippen LogP contribution in [0, 0.1) is 5.92 Å². The van der Waals surface area contributed by atoms with Crippen molar-refractivity contribution in [2.45, 2.75) is 6.92 Å². The molecule has 0 radical (unpaired) electrons. The Kier molecular flexibility index (Phi) is 4.09. The van der Waals surface area contributed by atoms with E-state index in [-0.39, 0.29) is 11.7 Å². The lowest BCUT2D eigenvalue weighted by Gasteiger charge is -2.09. The third kappa shape index (κ3) is 2.69. The predicted octanol–water partition coefficient (Wildman–Crippen LogP) is 3.46. The van der Waals surface area contributed by atoms with Crippen molar-refractivity contribution in [1.82, 2.24) is 0 Å². The summed E-state index contributed by atoms with van der Waals surface area (Å²) < 4.78 is 5.85. The van der Waals surface area contributed by atoms with E-state index < -0.39 is 0 Å². The van der Waals surface area contributed by atoms with Gasteiger partial charge in [0.25, 0.3) is 0 Å². The molecule has 1 atom stereocenters. The predicted molar refractivity (Wildman–Crippen MR) is 64.4 cm³/mol. The van der Waals surface area contributed by atoms with Crippen molar-refractivity contribution in [3.05, 3.63) is 40.9 Å². The summed E-state index contributed by atoms with van der Waals surface area (Å²) in [5.74, 6) is 0.530. The van der Waals surface area contributed by atoms with Crippen molar-refractivity contribution in [2.75, 3.05) is 7.11 Å². The molecule has 1 rings (SSSR count). The Hall–Kier alpha value is -1.09. The van der Waals surface area contributed by atoms with Gasteiger partial charge in [-0.25, -0.2) is 0 Å². The van der Waals surface area contributed by atoms with Gasteiger partial charge < -0.3 is 4.74 Å². The molecule has 0 aliphatic carbocycles. The van der Waals surface area contributed by atoms with Crippen LogP contribution in [0.25, 0.3) is 0 Å². The molecule has 80 valence electrons. The lowest BCUT2D eigenvalue weighted by Crippen LogP contribution is -2.09. The quantitative estimate of drug-likeness (QED) is 0.618. The number of Topliss-reactive ketones (excluding diaryl/α,β-unsaturated/α-hetero) is 1. The molecule has 0 aliphatic rings. The summed E-state index contributed by atoms with van der Waals surface area (Å²) in [6, 6.07) is 5.34. The number of ether oxygens (including phenoxy) is 1. The molecule has 0 amide bonds. The zero-order valence-electron chi connectivity index (χ0n) is 8.79. The van der Waals surface area contributed by atoms with Crippen LogP contribution >= 0.6 is 15.9 Å². The summed E-state index contributed by atoms with van der Waals surface area (Å²) >= 11 is 3.35. The lowest BCUT2D eigenvalue weighted by molar-refractivity contribution is 0.0952. The van der Waals surface area contributed by atoms with Crippen molar-refractivity contribution in [2.24, 2.45) is 5.92 Å². The molecule has 0 unspecified atom stereocenters. The maximum absolute atomic E-state index is 11.9. The van der Waals surface area contributed by atoms with E-state index in [1.165, 1.54) is 0 Å². The highest BCUT2D eigenvalue weighted by molar-refractivity contribution is 9.10. The highest BCUT2D eigenvalue weighted by Gasteiger charge is 2.15. The fourth-order valence-electron chi connectivity index (χ4n) is 1.17. The fraction of sp³-hybridized carbons (Fsp3) is 0.250. The third-order valence-corrected chi connectivity index (χ3v) is 2.90. The molecule has 3 heteroatoms. The number of ketones is 1. The normalized spacial score (nSPS) is 11.9. The molecule has 0 bridgehead atoms. The largest absolute Gasteiger partial charge is 0.497 e. The van der Waals surface area contributed by atoms with Crippen LogP contribution in [0.5, 0.6) is 5.75 Å². The second kappa shape index (κ2) is 5.12. The summed E-state index contributed by atoms with van der Waals surface area (Å²) in [5, 5.41) is 0. The Bertz CT molecular complexity index is 385. The van der Waals surface area contributed by atoms with Crippen molar-refractivity contribution in [3.8, 4) is 5.75 Å². The van der Waals surface area contributed by atoms with Gasteiger partial charge in [0.15, 0.2) is 5.78 Å². The van der Waals surface area contributed by atoms with E-state index in [2.05, 4.69) is 22.5 Å². The second-order valence-corrected chi connectivity index (χ2v) is 4.09. The molecule has 2 nitrogen and oxygen atoms in total. The average molecular weight is 269 g/mol. The Balaban J connectivity index is 3.12. The van der Waals surface area contributed by atoms with Crippen LogP contribution in [-0.4, -0.2) is 12.9 Å². The minimum absolute atomic E-state index is 0.0378. The van der Waals surface area contributed by atoms with Crippen LogP contribution in [0.4, 0.5) is 0 Å². The smallest absolute Gasteiger partial charge is 0.170 e. The van der Waals surface area contributed by atoms with Crippen LogP contribution in [0.3, 0.4) is 0 Å². The molecule has 0 fully saturated rings. The van der Waals surface area contributed by atoms with Gasteiger partial charge in [-0.3, -0.25) is 4.79 Å². The number of halogens is 1. The number of hydrogen-bond acceptors (Lipinski definition) is 2. The van der Waals surface area contributed by atoms with E-state index in [9.17, 15) is 4.79 Å². The van der Waals surface area contributed by atoms with Crippen LogP contribution in [0.15, 0.2) is 35.3 Å². The van der Waals surface area contributed by atoms with Gasteiger partial charge in [0.1, 0.15) is 5.75 Å². The van der Waals surface area contributed by atoms with Crippen molar-refractivity contribution >= 4 is 21.7 Å². The highest BCUT2D eigenvalue weighted by Crippen LogP contribution is 2.25. The summed E-state index contributed by atoms with van der Waals surface area (Å²) in [5.41, 5.74) is 0.627.